The van der Waals surface area contributed by atoms with E-state index in [4.69, 9.17) is 0 Å². The molecule has 2 N–H and O–H groups in total. The van der Waals surface area contributed by atoms with Crippen LogP contribution in [0.25, 0.3) is 10.9 Å². The zero-order valence-corrected chi connectivity index (χ0v) is 13.2. The lowest BCUT2D eigenvalue weighted by Crippen LogP contribution is -2.48. The predicted octanol–water partition coefficient (Wildman–Crippen LogP) is 4.32. The molecule has 0 radical (unpaired) electrons. The molecule has 2 aliphatic rings. The number of aromatic nitrogens is 1. The summed E-state index contributed by atoms with van der Waals surface area (Å²) < 4.78 is 0. The van der Waals surface area contributed by atoms with Crippen LogP contribution in [0, 0.1) is 0 Å². The molecule has 20 heavy (non-hydrogen) atoms. The van der Waals surface area contributed by atoms with Gasteiger partial charge in [-0.25, -0.2) is 0 Å². The van der Waals surface area contributed by atoms with Crippen molar-refractivity contribution >= 4 is 35.7 Å². The van der Waals surface area contributed by atoms with Gasteiger partial charge in [0, 0.05) is 23.1 Å². The Kier molecular flexibility index (Phi) is 4.68. The van der Waals surface area contributed by atoms with Gasteiger partial charge < -0.3 is 10.3 Å². The fraction of sp³-hybridized carbons (Fsp3) is 0.500. The second kappa shape index (κ2) is 5.97. The molecule has 0 bridgehead atoms. The molecule has 1 aliphatic heterocycles. The highest BCUT2D eigenvalue weighted by molar-refractivity contribution is 5.86. The molecule has 4 rings (SSSR count). The molecule has 2 nitrogen and oxygen atoms in total. The van der Waals surface area contributed by atoms with Crippen LogP contribution in [0.15, 0.2) is 24.3 Å². The van der Waals surface area contributed by atoms with Gasteiger partial charge >= 0.3 is 0 Å². The predicted molar refractivity (Wildman–Crippen MR) is 89.3 cm³/mol. The van der Waals surface area contributed by atoms with Crippen molar-refractivity contribution in [2.45, 2.75) is 44.1 Å². The van der Waals surface area contributed by atoms with E-state index in [0.29, 0.717) is 0 Å². The standard InChI is InChI=1S/C16H20N2.2ClH/c1-4-9-16(10-5-1)15-13(8-11-17-16)12-6-2-3-7-14(12)18-15;;/h2-3,6-7,17-18H,1,4-5,8-11H2;2*1H. The van der Waals surface area contributed by atoms with E-state index in [2.05, 4.69) is 34.6 Å². The molecule has 1 saturated carbocycles. The average molecular weight is 313 g/mol. The number of H-pyrrole nitrogens is 1. The molecule has 110 valence electrons. The first-order valence-corrected chi connectivity index (χ1v) is 7.24. The molecule has 1 aromatic carbocycles. The number of hydrogen-bond acceptors (Lipinski definition) is 1. The van der Waals surface area contributed by atoms with Crippen LogP contribution in [0.5, 0.6) is 0 Å². The van der Waals surface area contributed by atoms with E-state index in [-0.39, 0.29) is 30.4 Å². The quantitative estimate of drug-likeness (QED) is 0.745. The van der Waals surface area contributed by atoms with Crippen LogP contribution in [0.1, 0.15) is 43.4 Å². The molecule has 1 spiro atoms. The number of nitrogens with one attached hydrogen (secondary N) is 2. The van der Waals surface area contributed by atoms with Crippen LogP contribution in [0.2, 0.25) is 0 Å². The van der Waals surface area contributed by atoms with E-state index < -0.39 is 0 Å². The largest absolute Gasteiger partial charge is 0.357 e. The number of benzene rings is 1. The number of fused-ring (bicyclic) bond motifs is 4. The summed E-state index contributed by atoms with van der Waals surface area (Å²) in [6, 6.07) is 8.77. The van der Waals surface area contributed by atoms with Gasteiger partial charge in [0.05, 0.1) is 5.54 Å². The van der Waals surface area contributed by atoms with Gasteiger partial charge in [0.25, 0.3) is 0 Å². The van der Waals surface area contributed by atoms with E-state index in [1.807, 2.05) is 0 Å². The molecular formula is C16H22Cl2N2. The molecule has 1 fully saturated rings. The monoisotopic (exact) mass is 312 g/mol. The van der Waals surface area contributed by atoms with Crippen molar-refractivity contribution in [3.8, 4) is 0 Å². The fourth-order valence-electron chi connectivity index (χ4n) is 3.97. The third-order valence-corrected chi connectivity index (χ3v) is 4.84. The van der Waals surface area contributed by atoms with E-state index in [1.165, 1.54) is 55.1 Å². The summed E-state index contributed by atoms with van der Waals surface area (Å²) in [6.07, 6.45) is 7.89. The Balaban J connectivity index is 0.000000735. The van der Waals surface area contributed by atoms with Crippen LogP contribution >= 0.6 is 24.8 Å². The maximum atomic E-state index is 3.82. The van der Waals surface area contributed by atoms with Gasteiger partial charge in [0.1, 0.15) is 0 Å². The summed E-state index contributed by atoms with van der Waals surface area (Å²) in [5.74, 6) is 0. The van der Waals surface area contributed by atoms with Crippen molar-refractivity contribution in [2.75, 3.05) is 6.54 Å². The van der Waals surface area contributed by atoms with E-state index in [1.54, 1.807) is 5.56 Å². The number of aromatic amines is 1. The first kappa shape index (κ1) is 15.7. The van der Waals surface area contributed by atoms with E-state index >= 15 is 0 Å². The van der Waals surface area contributed by atoms with Gasteiger partial charge in [-0.1, -0.05) is 37.5 Å². The summed E-state index contributed by atoms with van der Waals surface area (Å²) in [5.41, 5.74) is 4.64. The molecular weight excluding hydrogens is 291 g/mol. The topological polar surface area (TPSA) is 27.8 Å². The highest BCUT2D eigenvalue weighted by atomic mass is 35.5. The van der Waals surface area contributed by atoms with Crippen LogP contribution in [-0.4, -0.2) is 11.5 Å². The van der Waals surface area contributed by atoms with Gasteiger partial charge in [-0.05, 0) is 30.9 Å². The molecule has 1 aromatic heterocycles. The van der Waals surface area contributed by atoms with Gasteiger partial charge in [-0.2, -0.15) is 0 Å². The molecule has 4 heteroatoms. The number of halogens is 2. The highest BCUT2D eigenvalue weighted by Gasteiger charge is 2.39. The lowest BCUT2D eigenvalue weighted by molar-refractivity contribution is 0.218. The summed E-state index contributed by atoms with van der Waals surface area (Å²) in [4.78, 5) is 3.71. The maximum absolute atomic E-state index is 3.82. The zero-order valence-electron chi connectivity index (χ0n) is 11.6. The smallest absolute Gasteiger partial charge is 0.0589 e. The van der Waals surface area contributed by atoms with Crippen LogP contribution in [0.4, 0.5) is 0 Å². The van der Waals surface area contributed by atoms with Crippen LogP contribution in [0.3, 0.4) is 0 Å². The second-order valence-electron chi connectivity index (χ2n) is 5.84. The molecule has 0 amide bonds. The zero-order chi connectivity index (χ0) is 12.0. The third-order valence-electron chi connectivity index (χ3n) is 4.84. The first-order chi connectivity index (χ1) is 8.89. The van der Waals surface area contributed by atoms with E-state index in [0.717, 1.165) is 6.54 Å². The number of hydrogen-bond donors (Lipinski definition) is 2. The highest BCUT2D eigenvalue weighted by Crippen LogP contribution is 2.42. The normalized spacial score (nSPS) is 20.0. The Morgan fingerprint density at radius 3 is 2.50 bits per heavy atom. The summed E-state index contributed by atoms with van der Waals surface area (Å²) in [6.45, 7) is 1.13. The minimum absolute atomic E-state index is 0. The molecule has 1 aliphatic carbocycles. The summed E-state index contributed by atoms with van der Waals surface area (Å²) in [7, 11) is 0. The Morgan fingerprint density at radius 1 is 0.950 bits per heavy atom. The first-order valence-electron chi connectivity index (χ1n) is 7.24. The lowest BCUT2D eigenvalue weighted by atomic mass is 9.75. The van der Waals surface area contributed by atoms with Gasteiger partial charge in [-0.15, -0.1) is 24.8 Å². The van der Waals surface area contributed by atoms with Crippen molar-refractivity contribution in [3.63, 3.8) is 0 Å². The van der Waals surface area contributed by atoms with Gasteiger partial charge in [0.2, 0.25) is 0 Å². The molecule has 0 unspecified atom stereocenters. The molecule has 2 aromatic rings. The Bertz CT molecular complexity index is 585. The van der Waals surface area contributed by atoms with Gasteiger partial charge in [0.15, 0.2) is 0 Å². The van der Waals surface area contributed by atoms with E-state index in [9.17, 15) is 0 Å². The van der Waals surface area contributed by atoms with Crippen molar-refractivity contribution in [3.05, 3.63) is 35.5 Å². The Hall–Kier alpha value is -0.700. The summed E-state index contributed by atoms with van der Waals surface area (Å²) in [5, 5.41) is 5.26. The number of rotatable bonds is 0. The van der Waals surface area contributed by atoms with Crippen molar-refractivity contribution in [2.24, 2.45) is 0 Å². The molecule has 2 heterocycles. The minimum Gasteiger partial charge on any atom is -0.357 e. The SMILES string of the molecule is Cl.Cl.c1ccc2c3c([nH]c2c1)C1(CCCCC1)NCC3. The number of para-hydroxylation sites is 1. The second-order valence-corrected chi connectivity index (χ2v) is 5.84. The van der Waals surface area contributed by atoms with Gasteiger partial charge in [-0.3, -0.25) is 0 Å². The third kappa shape index (κ3) is 2.24. The van der Waals surface area contributed by atoms with Crippen molar-refractivity contribution in [1.29, 1.82) is 0 Å². The Morgan fingerprint density at radius 2 is 1.70 bits per heavy atom. The fourth-order valence-corrected chi connectivity index (χ4v) is 3.97. The van der Waals surface area contributed by atoms with Crippen LogP contribution in [-0.2, 0) is 12.0 Å². The van der Waals surface area contributed by atoms with Crippen LogP contribution < -0.4 is 5.32 Å². The minimum atomic E-state index is 0. The lowest BCUT2D eigenvalue weighted by Gasteiger charge is -2.41. The molecule has 0 atom stereocenters. The van der Waals surface area contributed by atoms with Crippen molar-refractivity contribution < 1.29 is 0 Å². The summed E-state index contributed by atoms with van der Waals surface area (Å²) >= 11 is 0. The Labute approximate surface area is 132 Å². The maximum Gasteiger partial charge on any atom is 0.0589 e. The molecule has 0 saturated heterocycles. The van der Waals surface area contributed by atoms with Crippen molar-refractivity contribution in [1.82, 2.24) is 10.3 Å². The average Bonchev–Trinajstić information content (AvgIpc) is 2.81.